The summed E-state index contributed by atoms with van der Waals surface area (Å²) in [7, 11) is 1.96. The van der Waals surface area contributed by atoms with Gasteiger partial charge in [-0.25, -0.2) is 0 Å². The second-order valence-corrected chi connectivity index (χ2v) is 5.78. The summed E-state index contributed by atoms with van der Waals surface area (Å²) in [4.78, 5) is 6.87. The number of rotatable bonds is 4. The largest absolute Gasteiger partial charge is 0.339 e. The van der Waals surface area contributed by atoms with Crippen molar-refractivity contribution in [1.82, 2.24) is 24.8 Å². The Hall–Kier alpha value is -1.69. The molecule has 20 heavy (non-hydrogen) atoms. The lowest BCUT2D eigenvalue weighted by atomic mass is 10.1. The topological polar surface area (TPSA) is 60.0 Å². The SMILES string of the molecule is CC(C)c1nc(CN2CCCC2c2cnn(C)c2)no1. The van der Waals surface area contributed by atoms with E-state index >= 15 is 0 Å². The van der Waals surface area contributed by atoms with E-state index in [1.54, 1.807) is 0 Å². The lowest BCUT2D eigenvalue weighted by Gasteiger charge is -2.21. The van der Waals surface area contributed by atoms with Crippen LogP contribution in [-0.4, -0.2) is 31.4 Å². The predicted octanol–water partition coefficient (Wildman–Crippen LogP) is 2.26. The molecule has 1 aliphatic heterocycles. The first-order valence-electron chi connectivity index (χ1n) is 7.18. The Labute approximate surface area is 118 Å². The van der Waals surface area contributed by atoms with Gasteiger partial charge in [-0.1, -0.05) is 19.0 Å². The lowest BCUT2D eigenvalue weighted by molar-refractivity contribution is 0.237. The van der Waals surface area contributed by atoms with Crippen molar-refractivity contribution in [2.75, 3.05) is 6.54 Å². The van der Waals surface area contributed by atoms with Crippen LogP contribution in [0.4, 0.5) is 0 Å². The normalized spacial score (nSPS) is 20.1. The fraction of sp³-hybridized carbons (Fsp3) is 0.643. The van der Waals surface area contributed by atoms with Crippen LogP contribution >= 0.6 is 0 Å². The maximum Gasteiger partial charge on any atom is 0.229 e. The van der Waals surface area contributed by atoms with Crippen LogP contribution in [0, 0.1) is 0 Å². The molecule has 0 spiro atoms. The Balaban J connectivity index is 1.72. The summed E-state index contributed by atoms with van der Waals surface area (Å²) in [6.45, 7) is 5.94. The molecule has 0 N–H and O–H groups in total. The van der Waals surface area contributed by atoms with Crippen LogP contribution in [0.15, 0.2) is 16.9 Å². The first-order chi connectivity index (χ1) is 9.63. The smallest absolute Gasteiger partial charge is 0.229 e. The van der Waals surface area contributed by atoms with Gasteiger partial charge in [-0.15, -0.1) is 0 Å². The zero-order chi connectivity index (χ0) is 14.1. The maximum absolute atomic E-state index is 5.28. The monoisotopic (exact) mass is 275 g/mol. The lowest BCUT2D eigenvalue weighted by Crippen LogP contribution is -2.23. The quantitative estimate of drug-likeness (QED) is 0.856. The van der Waals surface area contributed by atoms with Crippen LogP contribution in [0.2, 0.25) is 0 Å². The molecular formula is C14H21N5O. The average Bonchev–Trinajstić information content (AvgIpc) is 3.09. The number of aromatic nitrogens is 4. The second-order valence-electron chi connectivity index (χ2n) is 5.78. The van der Waals surface area contributed by atoms with Crippen molar-refractivity contribution in [2.24, 2.45) is 7.05 Å². The molecule has 0 amide bonds. The van der Waals surface area contributed by atoms with Crippen LogP contribution in [0.1, 0.15) is 55.9 Å². The highest BCUT2D eigenvalue weighted by molar-refractivity contribution is 5.12. The van der Waals surface area contributed by atoms with Crippen molar-refractivity contribution in [3.8, 4) is 0 Å². The summed E-state index contributed by atoms with van der Waals surface area (Å²) in [6, 6.07) is 0.421. The van der Waals surface area contributed by atoms with Gasteiger partial charge in [0.1, 0.15) is 0 Å². The van der Waals surface area contributed by atoms with Gasteiger partial charge in [-0.05, 0) is 19.4 Å². The van der Waals surface area contributed by atoms with E-state index in [1.165, 1.54) is 18.4 Å². The van der Waals surface area contributed by atoms with E-state index in [9.17, 15) is 0 Å². The molecule has 1 fully saturated rings. The highest BCUT2D eigenvalue weighted by Crippen LogP contribution is 2.32. The zero-order valence-electron chi connectivity index (χ0n) is 12.3. The molecule has 0 saturated carbocycles. The Bertz CT molecular complexity index is 574. The summed E-state index contributed by atoms with van der Waals surface area (Å²) in [5, 5.41) is 8.36. The highest BCUT2D eigenvalue weighted by atomic mass is 16.5. The van der Waals surface area contributed by atoms with Gasteiger partial charge in [-0.3, -0.25) is 9.58 Å². The van der Waals surface area contributed by atoms with E-state index in [2.05, 4.69) is 40.2 Å². The summed E-state index contributed by atoms with van der Waals surface area (Å²) < 4.78 is 7.14. The summed E-state index contributed by atoms with van der Waals surface area (Å²) >= 11 is 0. The average molecular weight is 275 g/mol. The Morgan fingerprint density at radius 2 is 2.30 bits per heavy atom. The van der Waals surface area contributed by atoms with Gasteiger partial charge >= 0.3 is 0 Å². The standard InChI is InChI=1S/C14H21N5O/c1-10(2)14-16-13(17-20-14)9-19-6-4-5-12(19)11-7-15-18(3)8-11/h7-8,10,12H,4-6,9H2,1-3H3. The minimum absolute atomic E-state index is 0.281. The number of likely N-dealkylation sites (tertiary alicyclic amines) is 1. The molecule has 0 radical (unpaired) electrons. The molecule has 1 aliphatic rings. The van der Waals surface area contributed by atoms with Crippen molar-refractivity contribution in [1.29, 1.82) is 0 Å². The van der Waals surface area contributed by atoms with Crippen LogP contribution in [-0.2, 0) is 13.6 Å². The van der Waals surface area contributed by atoms with Gasteiger partial charge in [0, 0.05) is 30.8 Å². The molecule has 2 aromatic rings. The molecule has 1 unspecified atom stereocenters. The van der Waals surface area contributed by atoms with Crippen LogP contribution in [0.5, 0.6) is 0 Å². The van der Waals surface area contributed by atoms with Gasteiger partial charge < -0.3 is 4.52 Å². The molecule has 108 valence electrons. The second kappa shape index (κ2) is 5.36. The molecule has 3 rings (SSSR count). The number of aryl methyl sites for hydroxylation is 1. The molecule has 1 atom stereocenters. The molecule has 6 nitrogen and oxygen atoms in total. The minimum atomic E-state index is 0.281. The summed E-state index contributed by atoms with van der Waals surface area (Å²) in [5.74, 6) is 1.78. The molecule has 3 heterocycles. The minimum Gasteiger partial charge on any atom is -0.339 e. The van der Waals surface area contributed by atoms with Gasteiger partial charge in [0.15, 0.2) is 5.82 Å². The Morgan fingerprint density at radius 3 is 2.95 bits per heavy atom. The van der Waals surface area contributed by atoms with Crippen molar-refractivity contribution in [3.05, 3.63) is 29.7 Å². The van der Waals surface area contributed by atoms with E-state index in [0.29, 0.717) is 6.04 Å². The van der Waals surface area contributed by atoms with Gasteiger partial charge in [-0.2, -0.15) is 10.1 Å². The predicted molar refractivity (Wildman–Crippen MR) is 74.0 cm³/mol. The van der Waals surface area contributed by atoms with E-state index in [0.717, 1.165) is 24.8 Å². The maximum atomic E-state index is 5.28. The third kappa shape index (κ3) is 2.60. The summed E-state index contributed by atoms with van der Waals surface area (Å²) in [6.07, 6.45) is 6.42. The number of hydrogen-bond donors (Lipinski definition) is 0. The van der Waals surface area contributed by atoms with Crippen molar-refractivity contribution < 1.29 is 4.52 Å². The Morgan fingerprint density at radius 1 is 1.45 bits per heavy atom. The number of hydrogen-bond acceptors (Lipinski definition) is 5. The van der Waals surface area contributed by atoms with E-state index in [4.69, 9.17) is 4.52 Å². The molecular weight excluding hydrogens is 254 g/mol. The van der Waals surface area contributed by atoms with E-state index in [1.807, 2.05) is 17.9 Å². The molecule has 1 saturated heterocycles. The van der Waals surface area contributed by atoms with Gasteiger partial charge in [0.25, 0.3) is 0 Å². The molecule has 0 aromatic carbocycles. The third-order valence-corrected chi connectivity index (χ3v) is 3.80. The molecule has 2 aromatic heterocycles. The fourth-order valence-electron chi connectivity index (χ4n) is 2.75. The van der Waals surface area contributed by atoms with E-state index < -0.39 is 0 Å². The Kier molecular flexibility index (Phi) is 3.56. The van der Waals surface area contributed by atoms with Crippen molar-refractivity contribution >= 4 is 0 Å². The number of nitrogens with zero attached hydrogens (tertiary/aromatic N) is 5. The van der Waals surface area contributed by atoms with Crippen LogP contribution < -0.4 is 0 Å². The van der Waals surface area contributed by atoms with E-state index in [-0.39, 0.29) is 5.92 Å². The molecule has 0 aliphatic carbocycles. The van der Waals surface area contributed by atoms with Crippen molar-refractivity contribution in [3.63, 3.8) is 0 Å². The first-order valence-corrected chi connectivity index (χ1v) is 7.18. The summed E-state index contributed by atoms with van der Waals surface area (Å²) in [5.41, 5.74) is 1.28. The molecule has 6 heteroatoms. The highest BCUT2D eigenvalue weighted by Gasteiger charge is 2.28. The van der Waals surface area contributed by atoms with Gasteiger partial charge in [0.2, 0.25) is 5.89 Å². The third-order valence-electron chi connectivity index (χ3n) is 3.80. The molecule has 0 bridgehead atoms. The first kappa shape index (κ1) is 13.3. The zero-order valence-corrected chi connectivity index (χ0v) is 12.3. The van der Waals surface area contributed by atoms with Crippen LogP contribution in [0.3, 0.4) is 0 Å². The van der Waals surface area contributed by atoms with Crippen LogP contribution in [0.25, 0.3) is 0 Å². The van der Waals surface area contributed by atoms with Crippen molar-refractivity contribution in [2.45, 2.75) is 45.2 Å². The van der Waals surface area contributed by atoms with Gasteiger partial charge in [0.05, 0.1) is 12.7 Å². The fourth-order valence-corrected chi connectivity index (χ4v) is 2.75.